The summed E-state index contributed by atoms with van der Waals surface area (Å²) in [6.07, 6.45) is 0. The van der Waals surface area contributed by atoms with Gasteiger partial charge >= 0.3 is 0 Å². The van der Waals surface area contributed by atoms with Crippen molar-refractivity contribution in [2.75, 3.05) is 0 Å². The minimum absolute atomic E-state index is 0.0524. The molecule has 0 aliphatic carbocycles. The van der Waals surface area contributed by atoms with Crippen molar-refractivity contribution < 1.29 is 4.79 Å². The summed E-state index contributed by atoms with van der Waals surface area (Å²) in [6.45, 7) is 1.60. The zero-order valence-corrected chi connectivity index (χ0v) is 16.0. The van der Waals surface area contributed by atoms with E-state index in [2.05, 4.69) is 15.4 Å². The number of benzene rings is 2. The van der Waals surface area contributed by atoms with Crippen molar-refractivity contribution in [2.24, 2.45) is 10.7 Å². The van der Waals surface area contributed by atoms with Gasteiger partial charge < -0.3 is 5.73 Å². The molecule has 27 heavy (non-hydrogen) atoms. The molecule has 1 heterocycles. The maximum Gasteiger partial charge on any atom is 0.223 e. The number of carbonyl (C=O) groups is 1. The molecule has 138 valence electrons. The second-order valence-corrected chi connectivity index (χ2v) is 6.67. The van der Waals surface area contributed by atoms with Crippen molar-refractivity contribution in [3.05, 3.63) is 70.3 Å². The number of aromatic nitrogens is 2. The third-order valence-electron chi connectivity index (χ3n) is 3.69. The normalized spacial score (nSPS) is 11.4. The van der Waals surface area contributed by atoms with Gasteiger partial charge in [-0.05, 0) is 42.5 Å². The zero-order chi connectivity index (χ0) is 19.4. The fraction of sp³-hybridized carbons (Fsp3) is 0.105. The Hall–Kier alpha value is -2.83. The molecule has 0 bridgehead atoms. The van der Waals surface area contributed by atoms with Gasteiger partial charge in [-0.2, -0.15) is 5.10 Å². The molecule has 0 unspecified atom stereocenters. The van der Waals surface area contributed by atoms with Crippen LogP contribution in [0.4, 0.5) is 0 Å². The van der Waals surface area contributed by atoms with Gasteiger partial charge in [0.15, 0.2) is 5.96 Å². The van der Waals surface area contributed by atoms with Crippen LogP contribution >= 0.6 is 23.2 Å². The van der Waals surface area contributed by atoms with Gasteiger partial charge in [-0.1, -0.05) is 35.3 Å². The van der Waals surface area contributed by atoms with Gasteiger partial charge in [-0.25, -0.2) is 9.67 Å². The lowest BCUT2D eigenvalue weighted by molar-refractivity contribution is -0.117. The number of nitrogens with one attached hydrogen (secondary N) is 1. The molecular weight excluding hydrogens is 385 g/mol. The Morgan fingerprint density at radius 1 is 1.11 bits per heavy atom. The number of guanidine groups is 1. The van der Waals surface area contributed by atoms with Crippen LogP contribution in [0.25, 0.3) is 16.9 Å². The van der Waals surface area contributed by atoms with E-state index < -0.39 is 0 Å². The number of amides is 1. The minimum Gasteiger partial charge on any atom is -0.370 e. The first-order valence-electron chi connectivity index (χ1n) is 8.11. The van der Waals surface area contributed by atoms with E-state index in [-0.39, 0.29) is 18.4 Å². The van der Waals surface area contributed by atoms with Crippen molar-refractivity contribution in [1.29, 1.82) is 0 Å². The molecule has 3 N–H and O–H groups in total. The van der Waals surface area contributed by atoms with Gasteiger partial charge in [0.2, 0.25) is 5.91 Å². The predicted molar refractivity (Wildman–Crippen MR) is 108 cm³/mol. The SMILES string of the molecule is CC(=O)NC(N)=NCc1cc(-c2ccc(Cl)cc2)n(-c2ccc(Cl)cc2)n1. The number of aliphatic imine (C=N–C) groups is 1. The van der Waals surface area contributed by atoms with Gasteiger partial charge in [0, 0.05) is 22.5 Å². The van der Waals surface area contributed by atoms with Crippen LogP contribution in [-0.2, 0) is 11.3 Å². The molecule has 3 aromatic rings. The van der Waals surface area contributed by atoms with Crippen molar-refractivity contribution in [2.45, 2.75) is 13.5 Å². The molecule has 0 spiro atoms. The molecule has 0 radical (unpaired) electrons. The average molecular weight is 402 g/mol. The number of halogens is 2. The maximum absolute atomic E-state index is 11.0. The van der Waals surface area contributed by atoms with E-state index in [1.165, 1.54) is 6.92 Å². The smallest absolute Gasteiger partial charge is 0.223 e. The molecule has 8 heteroatoms. The first-order chi connectivity index (χ1) is 12.9. The van der Waals surface area contributed by atoms with Crippen LogP contribution in [0.5, 0.6) is 0 Å². The monoisotopic (exact) mass is 401 g/mol. The number of rotatable bonds is 4. The Bertz CT molecular complexity index is 915. The third kappa shape index (κ3) is 4.87. The summed E-state index contributed by atoms with van der Waals surface area (Å²) in [4.78, 5) is 15.2. The van der Waals surface area contributed by atoms with Crippen LogP contribution in [0.15, 0.2) is 59.6 Å². The quantitative estimate of drug-likeness (QED) is 0.514. The number of nitrogens with two attached hydrogens (primary N) is 1. The Labute approximate surface area is 166 Å². The summed E-state index contributed by atoms with van der Waals surface area (Å²) < 4.78 is 1.80. The molecule has 0 saturated carbocycles. The number of hydrogen-bond acceptors (Lipinski definition) is 3. The van der Waals surface area contributed by atoms with Crippen LogP contribution in [-0.4, -0.2) is 21.6 Å². The topological polar surface area (TPSA) is 85.3 Å². The van der Waals surface area contributed by atoms with Crippen molar-refractivity contribution in [3.8, 4) is 16.9 Å². The molecule has 2 aromatic carbocycles. The molecule has 0 aliphatic heterocycles. The lowest BCUT2D eigenvalue weighted by Crippen LogP contribution is -2.35. The van der Waals surface area contributed by atoms with Gasteiger partial charge in [0.05, 0.1) is 23.6 Å². The summed E-state index contributed by atoms with van der Waals surface area (Å²) in [5.41, 5.74) is 9.05. The summed E-state index contributed by atoms with van der Waals surface area (Å²) in [7, 11) is 0. The largest absolute Gasteiger partial charge is 0.370 e. The fourth-order valence-electron chi connectivity index (χ4n) is 2.50. The zero-order valence-electron chi connectivity index (χ0n) is 14.5. The van der Waals surface area contributed by atoms with Crippen LogP contribution in [0.2, 0.25) is 10.0 Å². The summed E-state index contributed by atoms with van der Waals surface area (Å²) in [5, 5.41) is 8.36. The lowest BCUT2D eigenvalue weighted by atomic mass is 10.1. The highest BCUT2D eigenvalue weighted by molar-refractivity contribution is 6.30. The molecule has 0 saturated heterocycles. The van der Waals surface area contributed by atoms with Gasteiger partial charge in [-0.3, -0.25) is 10.1 Å². The fourth-order valence-corrected chi connectivity index (χ4v) is 2.75. The molecule has 0 atom stereocenters. The second-order valence-electron chi connectivity index (χ2n) is 5.80. The number of hydrogen-bond donors (Lipinski definition) is 2. The number of carbonyl (C=O) groups excluding carboxylic acids is 1. The molecule has 1 aromatic heterocycles. The van der Waals surface area contributed by atoms with E-state index in [4.69, 9.17) is 28.9 Å². The van der Waals surface area contributed by atoms with E-state index in [1.54, 1.807) is 16.8 Å². The number of nitrogens with zero attached hydrogens (tertiary/aromatic N) is 3. The first kappa shape index (κ1) is 18.9. The molecule has 0 fully saturated rings. The van der Waals surface area contributed by atoms with E-state index >= 15 is 0 Å². The van der Waals surface area contributed by atoms with Crippen LogP contribution in [0.3, 0.4) is 0 Å². The van der Waals surface area contributed by atoms with Crippen LogP contribution in [0.1, 0.15) is 12.6 Å². The third-order valence-corrected chi connectivity index (χ3v) is 4.19. The van der Waals surface area contributed by atoms with Gasteiger partial charge in [0.1, 0.15) is 0 Å². The maximum atomic E-state index is 11.0. The minimum atomic E-state index is -0.273. The molecule has 0 aliphatic rings. The lowest BCUT2D eigenvalue weighted by Gasteiger charge is -2.08. The Kier molecular flexibility index (Phi) is 5.78. The molecule has 3 rings (SSSR count). The van der Waals surface area contributed by atoms with Crippen molar-refractivity contribution >= 4 is 35.1 Å². The molecular formula is C19H17Cl2N5O. The standard InChI is InChI=1S/C19H17Cl2N5O/c1-12(27)24-19(22)23-11-16-10-18(13-2-4-14(20)5-3-13)26(25-16)17-8-6-15(21)7-9-17/h2-10H,11H2,1H3,(H3,22,23,24,27). The summed E-state index contributed by atoms with van der Waals surface area (Å²) >= 11 is 12.0. The predicted octanol–water partition coefficient (Wildman–Crippen LogP) is 3.80. The second kappa shape index (κ2) is 8.24. The first-order valence-corrected chi connectivity index (χ1v) is 8.86. The van der Waals surface area contributed by atoms with E-state index in [0.717, 1.165) is 16.9 Å². The van der Waals surface area contributed by atoms with Gasteiger partial charge in [0.25, 0.3) is 0 Å². The molecule has 1 amide bonds. The summed E-state index contributed by atoms with van der Waals surface area (Å²) in [6, 6.07) is 16.8. The van der Waals surface area contributed by atoms with Crippen LogP contribution in [0, 0.1) is 0 Å². The summed E-state index contributed by atoms with van der Waals surface area (Å²) in [5.74, 6) is -0.221. The van der Waals surface area contributed by atoms with E-state index in [9.17, 15) is 4.79 Å². The van der Waals surface area contributed by atoms with Crippen molar-refractivity contribution in [3.63, 3.8) is 0 Å². The van der Waals surface area contributed by atoms with Crippen LogP contribution < -0.4 is 11.1 Å². The van der Waals surface area contributed by atoms with Gasteiger partial charge in [-0.15, -0.1) is 0 Å². The average Bonchev–Trinajstić information content (AvgIpc) is 3.05. The highest BCUT2D eigenvalue weighted by atomic mass is 35.5. The van der Waals surface area contributed by atoms with E-state index in [0.29, 0.717) is 15.7 Å². The Morgan fingerprint density at radius 3 is 2.30 bits per heavy atom. The molecule has 6 nitrogen and oxygen atoms in total. The Morgan fingerprint density at radius 2 is 1.70 bits per heavy atom. The van der Waals surface area contributed by atoms with E-state index in [1.807, 2.05) is 42.5 Å². The van der Waals surface area contributed by atoms with Crippen molar-refractivity contribution in [1.82, 2.24) is 15.1 Å². The highest BCUT2D eigenvalue weighted by Gasteiger charge is 2.12. The Balaban J connectivity index is 1.99. The highest BCUT2D eigenvalue weighted by Crippen LogP contribution is 2.26.